The van der Waals surface area contributed by atoms with Crippen molar-refractivity contribution in [2.75, 3.05) is 26.7 Å². The molecule has 0 bridgehead atoms. The van der Waals surface area contributed by atoms with Gasteiger partial charge >= 0.3 is 0 Å². The van der Waals surface area contributed by atoms with Crippen LogP contribution in [0.4, 0.5) is 0 Å². The zero-order chi connectivity index (χ0) is 10.4. The molecule has 1 heterocycles. The van der Waals surface area contributed by atoms with Crippen molar-refractivity contribution in [3.63, 3.8) is 0 Å². The molecular formula is C12H26N2. The lowest BCUT2D eigenvalue weighted by Gasteiger charge is -2.28. The molecule has 0 radical (unpaired) electrons. The fourth-order valence-electron chi connectivity index (χ4n) is 2.09. The SMILES string of the molecule is CCC(C)N(C)CCC1CCCNC1. The Hall–Kier alpha value is -0.0800. The highest BCUT2D eigenvalue weighted by Crippen LogP contribution is 2.15. The van der Waals surface area contributed by atoms with Crippen LogP contribution in [0.3, 0.4) is 0 Å². The second-order valence-corrected chi connectivity index (χ2v) is 4.74. The maximum atomic E-state index is 3.48. The zero-order valence-electron chi connectivity index (χ0n) is 10.1. The van der Waals surface area contributed by atoms with Crippen LogP contribution in [0.25, 0.3) is 0 Å². The van der Waals surface area contributed by atoms with Crippen LogP contribution in [0.5, 0.6) is 0 Å². The van der Waals surface area contributed by atoms with E-state index in [1.807, 2.05) is 0 Å². The minimum absolute atomic E-state index is 0.742. The van der Waals surface area contributed by atoms with Crippen molar-refractivity contribution in [3.05, 3.63) is 0 Å². The lowest BCUT2D eigenvalue weighted by molar-refractivity contribution is 0.221. The van der Waals surface area contributed by atoms with Gasteiger partial charge in [0.2, 0.25) is 0 Å². The van der Waals surface area contributed by atoms with Crippen LogP contribution in [0.1, 0.15) is 39.5 Å². The molecule has 0 aromatic carbocycles. The minimum atomic E-state index is 0.742. The van der Waals surface area contributed by atoms with E-state index in [1.54, 1.807) is 0 Å². The first kappa shape index (κ1) is 12.0. The van der Waals surface area contributed by atoms with E-state index in [9.17, 15) is 0 Å². The molecule has 1 fully saturated rings. The third kappa shape index (κ3) is 3.97. The fourth-order valence-corrected chi connectivity index (χ4v) is 2.09. The van der Waals surface area contributed by atoms with Gasteiger partial charge in [0.25, 0.3) is 0 Å². The van der Waals surface area contributed by atoms with Gasteiger partial charge in [-0.05, 0) is 65.2 Å². The Balaban J connectivity index is 2.12. The van der Waals surface area contributed by atoms with Crippen molar-refractivity contribution < 1.29 is 0 Å². The summed E-state index contributed by atoms with van der Waals surface area (Å²) in [6, 6.07) is 0.742. The van der Waals surface area contributed by atoms with Gasteiger partial charge in [-0.1, -0.05) is 6.92 Å². The molecule has 1 rings (SSSR count). The van der Waals surface area contributed by atoms with Gasteiger partial charge in [-0.3, -0.25) is 0 Å². The molecule has 1 saturated heterocycles. The van der Waals surface area contributed by atoms with E-state index in [-0.39, 0.29) is 0 Å². The van der Waals surface area contributed by atoms with E-state index in [4.69, 9.17) is 0 Å². The first-order valence-electron chi connectivity index (χ1n) is 6.15. The Kier molecular flexibility index (Phi) is 5.49. The van der Waals surface area contributed by atoms with Crippen molar-refractivity contribution in [1.29, 1.82) is 0 Å². The van der Waals surface area contributed by atoms with Gasteiger partial charge in [-0.2, -0.15) is 0 Å². The molecule has 0 aromatic heterocycles. The molecular weight excluding hydrogens is 172 g/mol. The topological polar surface area (TPSA) is 15.3 Å². The van der Waals surface area contributed by atoms with E-state index in [1.165, 1.54) is 45.3 Å². The van der Waals surface area contributed by atoms with Gasteiger partial charge in [-0.15, -0.1) is 0 Å². The summed E-state index contributed by atoms with van der Waals surface area (Å²) >= 11 is 0. The molecule has 14 heavy (non-hydrogen) atoms. The van der Waals surface area contributed by atoms with E-state index < -0.39 is 0 Å². The highest BCUT2D eigenvalue weighted by atomic mass is 15.1. The third-order valence-corrected chi connectivity index (χ3v) is 3.63. The van der Waals surface area contributed by atoms with Crippen molar-refractivity contribution in [3.8, 4) is 0 Å². The van der Waals surface area contributed by atoms with E-state index >= 15 is 0 Å². The first-order chi connectivity index (χ1) is 6.74. The second kappa shape index (κ2) is 6.41. The molecule has 0 spiro atoms. The largest absolute Gasteiger partial charge is 0.316 e. The van der Waals surface area contributed by atoms with Crippen molar-refractivity contribution in [2.45, 2.75) is 45.6 Å². The summed E-state index contributed by atoms with van der Waals surface area (Å²) in [5.41, 5.74) is 0. The van der Waals surface area contributed by atoms with E-state index in [2.05, 4.69) is 31.1 Å². The smallest absolute Gasteiger partial charge is 0.00612 e. The predicted octanol–water partition coefficient (Wildman–Crippen LogP) is 2.11. The van der Waals surface area contributed by atoms with Crippen molar-refractivity contribution >= 4 is 0 Å². The first-order valence-corrected chi connectivity index (χ1v) is 6.15. The normalized spacial score (nSPS) is 25.3. The van der Waals surface area contributed by atoms with Crippen molar-refractivity contribution in [1.82, 2.24) is 10.2 Å². The number of nitrogens with one attached hydrogen (secondary N) is 1. The maximum absolute atomic E-state index is 3.48. The highest BCUT2D eigenvalue weighted by Gasteiger charge is 2.14. The Morgan fingerprint density at radius 1 is 1.50 bits per heavy atom. The molecule has 0 amide bonds. The summed E-state index contributed by atoms with van der Waals surface area (Å²) in [6.45, 7) is 8.33. The lowest BCUT2D eigenvalue weighted by Crippen LogP contribution is -2.34. The summed E-state index contributed by atoms with van der Waals surface area (Å²) < 4.78 is 0. The molecule has 1 aliphatic heterocycles. The molecule has 2 atom stereocenters. The second-order valence-electron chi connectivity index (χ2n) is 4.74. The van der Waals surface area contributed by atoms with Gasteiger partial charge in [0.15, 0.2) is 0 Å². The lowest BCUT2D eigenvalue weighted by atomic mass is 9.96. The molecule has 2 nitrogen and oxygen atoms in total. The average Bonchev–Trinajstić information content (AvgIpc) is 2.26. The number of piperidine rings is 1. The molecule has 2 heteroatoms. The summed E-state index contributed by atoms with van der Waals surface area (Å²) in [5, 5.41) is 3.48. The fraction of sp³-hybridized carbons (Fsp3) is 1.00. The summed E-state index contributed by atoms with van der Waals surface area (Å²) in [4.78, 5) is 2.49. The van der Waals surface area contributed by atoms with E-state index in [0.29, 0.717) is 0 Å². The minimum Gasteiger partial charge on any atom is -0.316 e. The zero-order valence-corrected chi connectivity index (χ0v) is 10.1. The Morgan fingerprint density at radius 3 is 2.86 bits per heavy atom. The molecule has 0 saturated carbocycles. The van der Waals surface area contributed by atoms with Crippen molar-refractivity contribution in [2.24, 2.45) is 5.92 Å². The van der Waals surface area contributed by atoms with Gasteiger partial charge < -0.3 is 10.2 Å². The van der Waals surface area contributed by atoms with Gasteiger partial charge in [0.05, 0.1) is 0 Å². The van der Waals surface area contributed by atoms with Crippen LogP contribution in [0, 0.1) is 5.92 Å². The van der Waals surface area contributed by atoms with Crippen LogP contribution in [0.2, 0.25) is 0 Å². The third-order valence-electron chi connectivity index (χ3n) is 3.63. The van der Waals surface area contributed by atoms with Crippen LogP contribution < -0.4 is 5.32 Å². The molecule has 1 aliphatic rings. The average molecular weight is 198 g/mol. The monoisotopic (exact) mass is 198 g/mol. The van der Waals surface area contributed by atoms with Gasteiger partial charge in [0.1, 0.15) is 0 Å². The summed E-state index contributed by atoms with van der Waals surface area (Å²) in [6.07, 6.45) is 5.44. The molecule has 2 unspecified atom stereocenters. The molecule has 84 valence electrons. The maximum Gasteiger partial charge on any atom is 0.00612 e. The number of nitrogens with zero attached hydrogens (tertiary/aromatic N) is 1. The summed E-state index contributed by atoms with van der Waals surface area (Å²) in [5.74, 6) is 0.926. The number of hydrogen-bond acceptors (Lipinski definition) is 2. The van der Waals surface area contributed by atoms with E-state index in [0.717, 1.165) is 12.0 Å². The van der Waals surface area contributed by atoms with Crippen LogP contribution in [0.15, 0.2) is 0 Å². The van der Waals surface area contributed by atoms with Crippen LogP contribution in [-0.2, 0) is 0 Å². The van der Waals surface area contributed by atoms with Gasteiger partial charge in [-0.25, -0.2) is 0 Å². The predicted molar refractivity (Wildman–Crippen MR) is 62.6 cm³/mol. The summed E-state index contributed by atoms with van der Waals surface area (Å²) in [7, 11) is 2.25. The van der Waals surface area contributed by atoms with Crippen LogP contribution in [-0.4, -0.2) is 37.6 Å². The van der Waals surface area contributed by atoms with Gasteiger partial charge in [0, 0.05) is 6.04 Å². The van der Waals surface area contributed by atoms with Crippen LogP contribution >= 0.6 is 0 Å². The number of hydrogen-bond donors (Lipinski definition) is 1. The highest BCUT2D eigenvalue weighted by molar-refractivity contribution is 4.71. The Bertz CT molecular complexity index is 139. The Morgan fingerprint density at radius 2 is 2.29 bits per heavy atom. The quantitative estimate of drug-likeness (QED) is 0.728. The standard InChI is InChI=1S/C12H26N2/c1-4-11(2)14(3)9-7-12-6-5-8-13-10-12/h11-13H,4-10H2,1-3H3. The number of rotatable bonds is 5. The Labute approximate surface area is 89.1 Å². The molecule has 0 aliphatic carbocycles. The molecule has 1 N–H and O–H groups in total. The molecule has 0 aromatic rings.